The minimum absolute atomic E-state index is 0.0917. The van der Waals surface area contributed by atoms with Crippen molar-refractivity contribution in [3.63, 3.8) is 0 Å². The van der Waals surface area contributed by atoms with E-state index in [-0.39, 0.29) is 16.3 Å². The number of hydrogen-bond acceptors (Lipinski definition) is 1. The topological polar surface area (TPSA) is 0 Å². The van der Waals surface area contributed by atoms with Crippen LogP contribution in [-0.4, -0.2) is 0 Å². The largest absolute Gasteiger partial charge is 0.166 e. The van der Waals surface area contributed by atoms with Crippen LogP contribution in [0.3, 0.4) is 0 Å². The number of hydrogen-bond donors (Lipinski definition) is 0. The van der Waals surface area contributed by atoms with E-state index in [0.29, 0.717) is 0 Å². The summed E-state index contributed by atoms with van der Waals surface area (Å²) in [4.78, 5) is 6.59. The number of rotatable bonds is 5. The zero-order valence-corrected chi connectivity index (χ0v) is 19.3. The molecule has 0 saturated heterocycles. The summed E-state index contributed by atoms with van der Waals surface area (Å²) in [5.41, 5.74) is 1.56. The Morgan fingerprint density at radius 1 is 0.500 bits per heavy atom. The highest BCUT2D eigenvalue weighted by molar-refractivity contribution is 7.99. The molecule has 4 rings (SSSR count). The van der Waals surface area contributed by atoms with Gasteiger partial charge in [-0.2, -0.15) is 0 Å². The SMILES string of the molecule is CC(C)(C)c1ccc(Sc2ccc([S+](c3ccccc3)c3ccccc3)cc2)cc1. The molecule has 0 amide bonds. The van der Waals surface area contributed by atoms with Gasteiger partial charge in [0.15, 0.2) is 14.7 Å². The molecule has 4 aromatic carbocycles. The molecule has 0 saturated carbocycles. The zero-order chi connectivity index (χ0) is 21.0. The summed E-state index contributed by atoms with van der Waals surface area (Å²) in [6, 6.07) is 39.7. The Bertz CT molecular complexity index is 1020. The van der Waals surface area contributed by atoms with Crippen molar-refractivity contribution in [3.8, 4) is 0 Å². The molecule has 0 atom stereocenters. The second-order valence-electron chi connectivity index (χ2n) is 8.28. The average Bonchev–Trinajstić information content (AvgIpc) is 2.76. The second kappa shape index (κ2) is 9.16. The molecule has 0 fully saturated rings. The predicted molar refractivity (Wildman–Crippen MR) is 131 cm³/mol. The van der Waals surface area contributed by atoms with Crippen LogP contribution < -0.4 is 0 Å². The van der Waals surface area contributed by atoms with E-state index in [2.05, 4.69) is 130 Å². The molecule has 0 aromatic heterocycles. The van der Waals surface area contributed by atoms with Crippen LogP contribution in [0.1, 0.15) is 26.3 Å². The van der Waals surface area contributed by atoms with Crippen molar-refractivity contribution in [2.24, 2.45) is 0 Å². The van der Waals surface area contributed by atoms with E-state index in [9.17, 15) is 0 Å². The van der Waals surface area contributed by atoms with Crippen LogP contribution in [-0.2, 0) is 16.3 Å². The lowest BCUT2D eigenvalue weighted by Gasteiger charge is -2.19. The van der Waals surface area contributed by atoms with Gasteiger partial charge in [-0.3, -0.25) is 0 Å². The van der Waals surface area contributed by atoms with Crippen LogP contribution in [0.4, 0.5) is 0 Å². The molecular formula is C28H27S2+. The van der Waals surface area contributed by atoms with Gasteiger partial charge >= 0.3 is 0 Å². The van der Waals surface area contributed by atoms with Crippen molar-refractivity contribution >= 4 is 22.7 Å². The highest BCUT2D eigenvalue weighted by atomic mass is 32.2. The lowest BCUT2D eigenvalue weighted by Crippen LogP contribution is -2.10. The van der Waals surface area contributed by atoms with E-state index in [4.69, 9.17) is 0 Å². The van der Waals surface area contributed by atoms with Crippen LogP contribution in [0.5, 0.6) is 0 Å². The fourth-order valence-electron chi connectivity index (χ4n) is 3.32. The third-order valence-corrected chi connectivity index (χ3v) is 8.22. The molecule has 0 aliphatic carbocycles. The van der Waals surface area contributed by atoms with E-state index in [0.717, 1.165) is 0 Å². The molecule has 150 valence electrons. The highest BCUT2D eigenvalue weighted by Gasteiger charge is 2.28. The Morgan fingerprint density at radius 3 is 1.33 bits per heavy atom. The molecule has 0 spiro atoms. The Hall–Kier alpha value is -2.42. The Morgan fingerprint density at radius 2 is 0.900 bits per heavy atom. The predicted octanol–water partition coefficient (Wildman–Crippen LogP) is 8.23. The van der Waals surface area contributed by atoms with Gasteiger partial charge < -0.3 is 0 Å². The first-order chi connectivity index (χ1) is 14.5. The summed E-state index contributed by atoms with van der Waals surface area (Å²) in [5.74, 6) is 0. The lowest BCUT2D eigenvalue weighted by molar-refractivity contribution is 0.590. The molecule has 0 unspecified atom stereocenters. The maximum absolute atomic E-state index is 2.29. The zero-order valence-electron chi connectivity index (χ0n) is 17.7. The first-order valence-corrected chi connectivity index (χ1v) is 12.3. The van der Waals surface area contributed by atoms with Crippen LogP contribution in [0.15, 0.2) is 134 Å². The summed E-state index contributed by atoms with van der Waals surface area (Å²) in [6.45, 7) is 6.76. The average molecular weight is 428 g/mol. The normalized spacial score (nSPS) is 11.6. The third-order valence-electron chi connectivity index (χ3n) is 4.97. The maximum atomic E-state index is 2.29. The Kier molecular flexibility index (Phi) is 6.36. The molecule has 0 heterocycles. The molecular weight excluding hydrogens is 400 g/mol. The summed E-state index contributed by atoms with van der Waals surface area (Å²) < 4.78 is 0. The summed E-state index contributed by atoms with van der Waals surface area (Å²) in [6.07, 6.45) is 0. The first-order valence-electron chi connectivity index (χ1n) is 10.2. The minimum Gasteiger partial charge on any atom is -0.0901 e. The molecule has 0 aliphatic heterocycles. The van der Waals surface area contributed by atoms with E-state index in [1.165, 1.54) is 30.0 Å². The molecule has 30 heavy (non-hydrogen) atoms. The summed E-state index contributed by atoms with van der Waals surface area (Å²) >= 11 is 1.82. The van der Waals surface area contributed by atoms with Gasteiger partial charge in [-0.05, 0) is 71.6 Å². The fourth-order valence-corrected chi connectivity index (χ4v) is 6.22. The quantitative estimate of drug-likeness (QED) is 0.289. The molecule has 0 bridgehead atoms. The third kappa shape index (κ3) is 5.00. The molecule has 2 heteroatoms. The summed E-state index contributed by atoms with van der Waals surface area (Å²) in [7, 11) is -0.0917. The van der Waals surface area contributed by atoms with Crippen molar-refractivity contribution in [1.82, 2.24) is 0 Å². The van der Waals surface area contributed by atoms with Crippen molar-refractivity contribution in [2.75, 3.05) is 0 Å². The standard InChI is InChI=1S/C28H27S2/c1-28(2,3)22-14-16-23(17-15-22)29-24-18-20-27(21-19-24)30(25-10-6-4-7-11-25)26-12-8-5-9-13-26/h4-21H,1-3H3/q+1. The van der Waals surface area contributed by atoms with E-state index >= 15 is 0 Å². The van der Waals surface area contributed by atoms with Crippen molar-refractivity contribution in [2.45, 2.75) is 50.7 Å². The lowest BCUT2D eigenvalue weighted by atomic mass is 9.87. The molecule has 0 aliphatic rings. The summed E-state index contributed by atoms with van der Waals surface area (Å²) in [5, 5.41) is 0. The van der Waals surface area contributed by atoms with Crippen LogP contribution >= 0.6 is 11.8 Å². The van der Waals surface area contributed by atoms with Gasteiger partial charge in [0.2, 0.25) is 0 Å². The Balaban J connectivity index is 1.58. The second-order valence-corrected chi connectivity index (χ2v) is 11.5. The van der Waals surface area contributed by atoms with E-state index < -0.39 is 0 Å². The monoisotopic (exact) mass is 427 g/mol. The fraction of sp³-hybridized carbons (Fsp3) is 0.143. The van der Waals surface area contributed by atoms with Gasteiger partial charge in [0, 0.05) is 9.79 Å². The van der Waals surface area contributed by atoms with Gasteiger partial charge in [-0.25, -0.2) is 0 Å². The van der Waals surface area contributed by atoms with Gasteiger partial charge in [0.05, 0.1) is 10.9 Å². The van der Waals surface area contributed by atoms with E-state index in [1.54, 1.807) is 0 Å². The van der Waals surface area contributed by atoms with Gasteiger partial charge in [-0.1, -0.05) is 81.1 Å². The van der Waals surface area contributed by atoms with Gasteiger partial charge in [0.1, 0.15) is 0 Å². The Labute approximate surface area is 187 Å². The molecule has 4 aromatic rings. The first kappa shape index (κ1) is 20.8. The van der Waals surface area contributed by atoms with E-state index in [1.807, 2.05) is 11.8 Å². The van der Waals surface area contributed by atoms with Crippen LogP contribution in [0, 0.1) is 0 Å². The van der Waals surface area contributed by atoms with Crippen molar-refractivity contribution in [3.05, 3.63) is 115 Å². The molecule has 0 radical (unpaired) electrons. The minimum atomic E-state index is -0.0917. The smallest absolute Gasteiger partial charge is 0.0901 e. The molecule has 0 N–H and O–H groups in total. The van der Waals surface area contributed by atoms with Crippen LogP contribution in [0.2, 0.25) is 0 Å². The number of benzene rings is 4. The van der Waals surface area contributed by atoms with Gasteiger partial charge in [-0.15, -0.1) is 0 Å². The van der Waals surface area contributed by atoms with Crippen molar-refractivity contribution < 1.29 is 0 Å². The van der Waals surface area contributed by atoms with Gasteiger partial charge in [0.25, 0.3) is 0 Å². The maximum Gasteiger partial charge on any atom is 0.166 e. The van der Waals surface area contributed by atoms with Crippen molar-refractivity contribution in [1.29, 1.82) is 0 Å². The molecule has 0 nitrogen and oxygen atoms in total. The highest BCUT2D eigenvalue weighted by Crippen LogP contribution is 2.34. The van der Waals surface area contributed by atoms with Crippen LogP contribution in [0.25, 0.3) is 0 Å².